The number of carbonyl (C=O) groups is 1. The second-order valence-electron chi connectivity index (χ2n) is 4.67. The third-order valence-electron chi connectivity index (χ3n) is 3.27. The zero-order valence-electron chi connectivity index (χ0n) is 12.1. The van der Waals surface area contributed by atoms with Gasteiger partial charge in [-0.1, -0.05) is 13.0 Å². The van der Waals surface area contributed by atoms with Crippen LogP contribution in [0.4, 0.5) is 4.39 Å². The van der Waals surface area contributed by atoms with Gasteiger partial charge in [0.1, 0.15) is 0 Å². The SMILES string of the molecule is CCC(CO)(CO)NC(=O)/C=C/c1ccc(OC)c(F)c1. The predicted molar refractivity (Wildman–Crippen MR) is 77.3 cm³/mol. The fourth-order valence-corrected chi connectivity index (χ4v) is 1.70. The number of aliphatic hydroxyl groups is 2. The summed E-state index contributed by atoms with van der Waals surface area (Å²) in [5.74, 6) is -0.869. The Labute approximate surface area is 123 Å². The summed E-state index contributed by atoms with van der Waals surface area (Å²) in [7, 11) is 1.37. The van der Waals surface area contributed by atoms with Crippen LogP contribution in [0.5, 0.6) is 5.75 Å². The molecular formula is C15H20FNO4. The zero-order chi connectivity index (χ0) is 15.9. The fourth-order valence-electron chi connectivity index (χ4n) is 1.70. The highest BCUT2D eigenvalue weighted by molar-refractivity contribution is 5.92. The maximum absolute atomic E-state index is 13.5. The number of hydrogen-bond donors (Lipinski definition) is 3. The van der Waals surface area contributed by atoms with Gasteiger partial charge in [-0.2, -0.15) is 0 Å². The lowest BCUT2D eigenvalue weighted by Gasteiger charge is -2.29. The Morgan fingerprint density at radius 3 is 2.57 bits per heavy atom. The number of amides is 1. The lowest BCUT2D eigenvalue weighted by atomic mass is 9.98. The Hall–Kier alpha value is -1.92. The molecule has 0 saturated carbocycles. The molecule has 6 heteroatoms. The normalized spacial score (nSPS) is 11.7. The maximum Gasteiger partial charge on any atom is 0.244 e. The van der Waals surface area contributed by atoms with Crippen LogP contribution in [0.15, 0.2) is 24.3 Å². The second-order valence-corrected chi connectivity index (χ2v) is 4.67. The molecule has 1 amide bonds. The monoisotopic (exact) mass is 297 g/mol. The highest BCUT2D eigenvalue weighted by atomic mass is 19.1. The van der Waals surface area contributed by atoms with Crippen molar-refractivity contribution in [2.75, 3.05) is 20.3 Å². The molecule has 0 aliphatic rings. The molecule has 0 unspecified atom stereocenters. The zero-order valence-corrected chi connectivity index (χ0v) is 12.1. The van der Waals surface area contributed by atoms with E-state index in [1.807, 2.05) is 0 Å². The average molecular weight is 297 g/mol. The molecule has 1 aromatic rings. The van der Waals surface area contributed by atoms with Crippen molar-refractivity contribution in [3.8, 4) is 5.75 Å². The smallest absolute Gasteiger partial charge is 0.244 e. The number of ether oxygens (including phenoxy) is 1. The summed E-state index contributed by atoms with van der Waals surface area (Å²) >= 11 is 0. The molecule has 0 aromatic heterocycles. The first-order chi connectivity index (χ1) is 10.00. The number of nitrogens with one attached hydrogen (secondary N) is 1. The van der Waals surface area contributed by atoms with E-state index in [1.54, 1.807) is 13.0 Å². The van der Waals surface area contributed by atoms with Crippen LogP contribution in [0, 0.1) is 5.82 Å². The minimum atomic E-state index is -1.05. The van der Waals surface area contributed by atoms with Crippen LogP contribution < -0.4 is 10.1 Å². The van der Waals surface area contributed by atoms with Gasteiger partial charge in [0.25, 0.3) is 0 Å². The summed E-state index contributed by atoms with van der Waals surface area (Å²) in [6.45, 7) is 1.02. The van der Waals surface area contributed by atoms with Crippen molar-refractivity contribution in [2.45, 2.75) is 18.9 Å². The number of methoxy groups -OCH3 is 1. The highest BCUT2D eigenvalue weighted by Crippen LogP contribution is 2.18. The van der Waals surface area contributed by atoms with Crippen molar-refractivity contribution < 1.29 is 24.1 Å². The Morgan fingerprint density at radius 2 is 2.10 bits per heavy atom. The van der Waals surface area contributed by atoms with Crippen LogP contribution in [0.1, 0.15) is 18.9 Å². The molecule has 3 N–H and O–H groups in total. The van der Waals surface area contributed by atoms with Gasteiger partial charge in [0.15, 0.2) is 11.6 Å². The molecule has 0 fully saturated rings. The van der Waals surface area contributed by atoms with Gasteiger partial charge in [-0.05, 0) is 30.2 Å². The maximum atomic E-state index is 13.5. The van der Waals surface area contributed by atoms with Gasteiger partial charge in [0.2, 0.25) is 5.91 Å². The average Bonchev–Trinajstić information content (AvgIpc) is 2.51. The van der Waals surface area contributed by atoms with E-state index in [-0.39, 0.29) is 19.0 Å². The van der Waals surface area contributed by atoms with Crippen LogP contribution in [0.2, 0.25) is 0 Å². The van der Waals surface area contributed by atoms with Crippen LogP contribution in [-0.2, 0) is 4.79 Å². The number of rotatable bonds is 7. The molecule has 1 rings (SSSR count). The molecule has 0 aliphatic carbocycles. The van der Waals surface area contributed by atoms with Gasteiger partial charge in [0.05, 0.1) is 25.9 Å². The van der Waals surface area contributed by atoms with Crippen LogP contribution in [0.25, 0.3) is 6.08 Å². The van der Waals surface area contributed by atoms with Gasteiger partial charge in [-0.15, -0.1) is 0 Å². The summed E-state index contributed by atoms with van der Waals surface area (Å²) in [6, 6.07) is 4.31. The number of benzene rings is 1. The lowest BCUT2D eigenvalue weighted by molar-refractivity contribution is -0.119. The molecule has 1 aromatic carbocycles. The summed E-state index contributed by atoms with van der Waals surface area (Å²) in [6.07, 6.45) is 3.04. The van der Waals surface area contributed by atoms with E-state index in [9.17, 15) is 19.4 Å². The van der Waals surface area contributed by atoms with Gasteiger partial charge < -0.3 is 20.3 Å². The van der Waals surface area contributed by atoms with E-state index in [4.69, 9.17) is 4.74 Å². The topological polar surface area (TPSA) is 78.8 Å². The minimum absolute atomic E-state index is 0.127. The number of aliphatic hydroxyl groups excluding tert-OH is 2. The van der Waals surface area contributed by atoms with Crippen molar-refractivity contribution in [1.29, 1.82) is 0 Å². The Bertz CT molecular complexity index is 504. The number of carbonyl (C=O) groups excluding carboxylic acids is 1. The van der Waals surface area contributed by atoms with Gasteiger partial charge in [-0.3, -0.25) is 4.79 Å². The molecule has 116 valence electrons. The van der Waals surface area contributed by atoms with E-state index in [0.717, 1.165) is 0 Å². The molecule has 0 saturated heterocycles. The minimum Gasteiger partial charge on any atom is -0.494 e. The summed E-state index contributed by atoms with van der Waals surface area (Å²) < 4.78 is 18.3. The molecule has 0 heterocycles. The first-order valence-electron chi connectivity index (χ1n) is 6.55. The summed E-state index contributed by atoms with van der Waals surface area (Å²) in [4.78, 5) is 11.8. The predicted octanol–water partition coefficient (Wildman–Crippen LogP) is 1.10. The summed E-state index contributed by atoms with van der Waals surface area (Å²) in [5, 5.41) is 21.0. The quantitative estimate of drug-likeness (QED) is 0.659. The first-order valence-corrected chi connectivity index (χ1v) is 6.55. The molecule has 5 nitrogen and oxygen atoms in total. The van der Waals surface area contributed by atoms with E-state index in [1.165, 1.54) is 31.4 Å². The molecule has 0 radical (unpaired) electrons. The molecule has 0 bridgehead atoms. The van der Waals surface area contributed by atoms with Crippen molar-refractivity contribution in [1.82, 2.24) is 5.32 Å². The van der Waals surface area contributed by atoms with Gasteiger partial charge >= 0.3 is 0 Å². The van der Waals surface area contributed by atoms with Crippen molar-refractivity contribution in [3.05, 3.63) is 35.7 Å². The van der Waals surface area contributed by atoms with E-state index in [0.29, 0.717) is 12.0 Å². The molecule has 0 atom stereocenters. The fraction of sp³-hybridized carbons (Fsp3) is 0.400. The molecular weight excluding hydrogens is 277 g/mol. The number of halogens is 1. The van der Waals surface area contributed by atoms with E-state index < -0.39 is 17.3 Å². The Kier molecular flexibility index (Phi) is 6.33. The van der Waals surface area contributed by atoms with Crippen LogP contribution in [-0.4, -0.2) is 42.0 Å². The number of hydrogen-bond acceptors (Lipinski definition) is 4. The third kappa shape index (κ3) is 4.54. The molecule has 21 heavy (non-hydrogen) atoms. The first kappa shape index (κ1) is 17.1. The van der Waals surface area contributed by atoms with Crippen molar-refractivity contribution in [3.63, 3.8) is 0 Å². The Morgan fingerprint density at radius 1 is 1.43 bits per heavy atom. The van der Waals surface area contributed by atoms with E-state index in [2.05, 4.69) is 5.32 Å². The van der Waals surface area contributed by atoms with Gasteiger partial charge in [-0.25, -0.2) is 4.39 Å². The lowest BCUT2D eigenvalue weighted by Crippen LogP contribution is -2.53. The Balaban J connectivity index is 2.76. The second kappa shape index (κ2) is 7.75. The molecule has 0 aliphatic heterocycles. The van der Waals surface area contributed by atoms with Crippen LogP contribution in [0.3, 0.4) is 0 Å². The molecule has 0 spiro atoms. The standard InChI is InChI=1S/C15H20FNO4/c1-3-15(9-18,10-19)17-14(20)7-5-11-4-6-13(21-2)12(16)8-11/h4-8,18-19H,3,9-10H2,1-2H3,(H,17,20)/b7-5+. The van der Waals surface area contributed by atoms with Crippen molar-refractivity contribution in [2.24, 2.45) is 0 Å². The largest absolute Gasteiger partial charge is 0.494 e. The third-order valence-corrected chi connectivity index (χ3v) is 3.27. The summed E-state index contributed by atoms with van der Waals surface area (Å²) in [5.41, 5.74) is -0.550. The van der Waals surface area contributed by atoms with Gasteiger partial charge in [0, 0.05) is 6.08 Å². The van der Waals surface area contributed by atoms with E-state index >= 15 is 0 Å². The highest BCUT2D eigenvalue weighted by Gasteiger charge is 2.27. The van der Waals surface area contributed by atoms with Crippen molar-refractivity contribution >= 4 is 12.0 Å². The van der Waals surface area contributed by atoms with Crippen LogP contribution >= 0.6 is 0 Å².